The minimum absolute atomic E-state index is 0.264. The number of nitrogens with one attached hydrogen (secondary N) is 1. The van der Waals surface area contributed by atoms with E-state index in [9.17, 15) is 9.18 Å². The van der Waals surface area contributed by atoms with Crippen LogP contribution >= 0.6 is 11.5 Å². The van der Waals surface area contributed by atoms with Crippen LogP contribution in [-0.4, -0.2) is 15.3 Å². The molecule has 6 heteroatoms. The van der Waals surface area contributed by atoms with Crippen molar-refractivity contribution < 1.29 is 9.18 Å². The summed E-state index contributed by atoms with van der Waals surface area (Å²) in [6, 6.07) is 5.97. The molecule has 0 atom stereocenters. The zero-order valence-corrected chi connectivity index (χ0v) is 9.92. The number of rotatable bonds is 3. The van der Waals surface area contributed by atoms with Crippen molar-refractivity contribution in [2.24, 2.45) is 0 Å². The number of carbonyl (C=O) groups is 1. The van der Waals surface area contributed by atoms with Gasteiger partial charge < -0.3 is 5.32 Å². The molecule has 0 saturated heterocycles. The van der Waals surface area contributed by atoms with E-state index in [0.717, 1.165) is 17.1 Å². The van der Waals surface area contributed by atoms with Crippen LogP contribution in [0, 0.1) is 12.7 Å². The van der Waals surface area contributed by atoms with E-state index in [0.29, 0.717) is 17.4 Å². The molecule has 1 amide bonds. The van der Waals surface area contributed by atoms with Gasteiger partial charge >= 0.3 is 0 Å². The van der Waals surface area contributed by atoms with Gasteiger partial charge in [-0.3, -0.25) is 4.79 Å². The Labute approximate surface area is 102 Å². The average molecular weight is 251 g/mol. The minimum Gasteiger partial charge on any atom is -0.346 e. The predicted octanol–water partition coefficient (Wildman–Crippen LogP) is 1.92. The zero-order chi connectivity index (χ0) is 12.3. The summed E-state index contributed by atoms with van der Waals surface area (Å²) in [5, 5.41) is 3.03. The van der Waals surface area contributed by atoms with Gasteiger partial charge in [0, 0.05) is 6.54 Å². The molecular formula is C11H10FN3OS. The third-order valence-corrected chi connectivity index (χ3v) is 2.89. The Kier molecular flexibility index (Phi) is 3.43. The Morgan fingerprint density at radius 3 is 2.71 bits per heavy atom. The Morgan fingerprint density at radius 2 is 2.12 bits per heavy atom. The number of hydrogen-bond donors (Lipinski definition) is 1. The first-order valence-electron chi connectivity index (χ1n) is 4.98. The van der Waals surface area contributed by atoms with Crippen LogP contribution in [0.5, 0.6) is 0 Å². The summed E-state index contributed by atoms with van der Waals surface area (Å²) in [5.74, 6) is 0.0293. The lowest BCUT2D eigenvalue weighted by molar-refractivity contribution is 0.0950. The number of amides is 1. The van der Waals surface area contributed by atoms with Gasteiger partial charge in [0.05, 0.1) is 0 Å². The monoisotopic (exact) mass is 251 g/mol. The van der Waals surface area contributed by atoms with E-state index in [1.54, 1.807) is 19.1 Å². The highest BCUT2D eigenvalue weighted by molar-refractivity contribution is 7.07. The fourth-order valence-corrected chi connectivity index (χ4v) is 1.84. The van der Waals surface area contributed by atoms with Crippen LogP contribution in [0.3, 0.4) is 0 Å². The third kappa shape index (κ3) is 3.07. The maximum atomic E-state index is 12.6. The summed E-state index contributed by atoms with van der Waals surface area (Å²) in [6.07, 6.45) is 0. The largest absolute Gasteiger partial charge is 0.346 e. The number of halogens is 1. The number of hydrogen-bond acceptors (Lipinski definition) is 4. The van der Waals surface area contributed by atoms with Crippen LogP contribution in [-0.2, 0) is 6.54 Å². The van der Waals surface area contributed by atoms with Crippen molar-refractivity contribution >= 4 is 17.4 Å². The number of carbonyl (C=O) groups excluding carboxylic acids is 1. The molecule has 0 aliphatic rings. The molecule has 0 bridgehead atoms. The summed E-state index contributed by atoms with van der Waals surface area (Å²) in [7, 11) is 0. The van der Waals surface area contributed by atoms with E-state index >= 15 is 0 Å². The molecule has 88 valence electrons. The molecule has 0 saturated carbocycles. The second-order valence-corrected chi connectivity index (χ2v) is 4.21. The van der Waals surface area contributed by atoms with Crippen LogP contribution < -0.4 is 5.32 Å². The van der Waals surface area contributed by atoms with Crippen molar-refractivity contribution in [3.05, 3.63) is 46.5 Å². The van der Waals surface area contributed by atoms with Gasteiger partial charge in [0.25, 0.3) is 5.91 Å². The van der Waals surface area contributed by atoms with E-state index in [4.69, 9.17) is 0 Å². The molecule has 1 heterocycles. The molecule has 0 aliphatic carbocycles. The average Bonchev–Trinajstić information content (AvgIpc) is 2.75. The molecule has 1 aromatic heterocycles. The van der Waals surface area contributed by atoms with E-state index in [1.165, 1.54) is 12.1 Å². The number of nitrogens with zero attached hydrogens (tertiary/aromatic N) is 2. The van der Waals surface area contributed by atoms with E-state index in [-0.39, 0.29) is 11.7 Å². The summed E-state index contributed by atoms with van der Waals surface area (Å²) < 4.78 is 16.6. The van der Waals surface area contributed by atoms with E-state index < -0.39 is 0 Å². The van der Waals surface area contributed by atoms with Gasteiger partial charge in [-0.1, -0.05) is 12.1 Å². The van der Waals surface area contributed by atoms with Crippen molar-refractivity contribution in [3.63, 3.8) is 0 Å². The zero-order valence-electron chi connectivity index (χ0n) is 9.11. The first-order chi connectivity index (χ1) is 8.15. The van der Waals surface area contributed by atoms with Gasteiger partial charge in [-0.05, 0) is 36.2 Å². The first kappa shape index (κ1) is 11.7. The van der Waals surface area contributed by atoms with Crippen molar-refractivity contribution in [1.82, 2.24) is 14.7 Å². The molecule has 2 rings (SSSR count). The lowest BCUT2D eigenvalue weighted by Crippen LogP contribution is -2.22. The van der Waals surface area contributed by atoms with Crippen LogP contribution in [0.15, 0.2) is 24.3 Å². The van der Waals surface area contributed by atoms with Gasteiger partial charge in [-0.25, -0.2) is 9.37 Å². The van der Waals surface area contributed by atoms with Crippen molar-refractivity contribution in [1.29, 1.82) is 0 Å². The lowest BCUT2D eigenvalue weighted by Gasteiger charge is -2.02. The molecule has 4 nitrogen and oxygen atoms in total. The summed E-state index contributed by atoms with van der Waals surface area (Å²) in [6.45, 7) is 2.07. The van der Waals surface area contributed by atoms with Crippen molar-refractivity contribution in [2.45, 2.75) is 13.5 Å². The molecule has 0 fully saturated rings. The number of aryl methyl sites for hydroxylation is 1. The van der Waals surface area contributed by atoms with Crippen LogP contribution in [0.25, 0.3) is 0 Å². The Morgan fingerprint density at radius 1 is 1.41 bits per heavy atom. The molecule has 0 unspecified atom stereocenters. The normalized spacial score (nSPS) is 10.2. The van der Waals surface area contributed by atoms with Gasteiger partial charge in [-0.2, -0.15) is 4.37 Å². The smallest absolute Gasteiger partial charge is 0.282 e. The van der Waals surface area contributed by atoms with Crippen LogP contribution in [0.4, 0.5) is 4.39 Å². The standard InChI is InChI=1S/C11H10FN3OS/c1-7-14-11(17-15-7)10(16)13-6-8-2-4-9(12)5-3-8/h2-5H,6H2,1H3,(H,13,16). The van der Waals surface area contributed by atoms with E-state index in [2.05, 4.69) is 14.7 Å². The van der Waals surface area contributed by atoms with Gasteiger partial charge in [-0.15, -0.1) is 0 Å². The second kappa shape index (κ2) is 5.01. The number of benzene rings is 1. The number of aromatic nitrogens is 2. The maximum absolute atomic E-state index is 12.6. The van der Waals surface area contributed by atoms with Crippen LogP contribution in [0.2, 0.25) is 0 Å². The fourth-order valence-electron chi connectivity index (χ4n) is 1.25. The molecule has 1 N–H and O–H groups in total. The van der Waals surface area contributed by atoms with Gasteiger partial charge in [0.2, 0.25) is 5.01 Å². The Balaban J connectivity index is 1.94. The Hall–Kier alpha value is -1.82. The highest BCUT2D eigenvalue weighted by Gasteiger charge is 2.10. The van der Waals surface area contributed by atoms with Crippen molar-refractivity contribution in [2.75, 3.05) is 0 Å². The van der Waals surface area contributed by atoms with Gasteiger partial charge in [0.1, 0.15) is 11.6 Å². The highest BCUT2D eigenvalue weighted by atomic mass is 32.1. The maximum Gasteiger partial charge on any atom is 0.282 e. The summed E-state index contributed by atoms with van der Waals surface area (Å²) in [4.78, 5) is 15.6. The minimum atomic E-state index is -0.292. The first-order valence-corrected chi connectivity index (χ1v) is 5.75. The quantitative estimate of drug-likeness (QED) is 0.906. The van der Waals surface area contributed by atoms with Gasteiger partial charge in [0.15, 0.2) is 0 Å². The predicted molar refractivity (Wildman–Crippen MR) is 62.2 cm³/mol. The summed E-state index contributed by atoms with van der Waals surface area (Å²) in [5.41, 5.74) is 0.834. The molecule has 0 spiro atoms. The second-order valence-electron chi connectivity index (χ2n) is 3.46. The van der Waals surface area contributed by atoms with Crippen molar-refractivity contribution in [3.8, 4) is 0 Å². The molecule has 0 aliphatic heterocycles. The molecular weight excluding hydrogens is 241 g/mol. The van der Waals surface area contributed by atoms with E-state index in [1.807, 2.05) is 0 Å². The highest BCUT2D eigenvalue weighted by Crippen LogP contribution is 2.05. The fraction of sp³-hybridized carbons (Fsp3) is 0.182. The molecule has 17 heavy (non-hydrogen) atoms. The lowest BCUT2D eigenvalue weighted by atomic mass is 10.2. The SMILES string of the molecule is Cc1nsc(C(=O)NCc2ccc(F)cc2)n1. The Bertz CT molecular complexity index is 524. The van der Waals surface area contributed by atoms with Crippen LogP contribution in [0.1, 0.15) is 21.2 Å². The summed E-state index contributed by atoms with van der Waals surface area (Å²) >= 11 is 1.06. The molecule has 1 aromatic carbocycles. The molecule has 0 radical (unpaired) electrons. The third-order valence-electron chi connectivity index (χ3n) is 2.09. The topological polar surface area (TPSA) is 54.9 Å². The molecule has 2 aromatic rings.